The molecule has 0 amide bonds. The number of aliphatic hydroxyl groups is 1. The van der Waals surface area contributed by atoms with Crippen LogP contribution in [0.3, 0.4) is 0 Å². The highest BCUT2D eigenvalue weighted by Gasteiger charge is 2.15. The molecule has 1 unspecified atom stereocenters. The molecule has 1 heterocycles. The molecule has 1 N–H and O–H groups in total. The zero-order valence-electron chi connectivity index (χ0n) is 10.1. The van der Waals surface area contributed by atoms with E-state index in [1.807, 2.05) is 19.1 Å². The average molecular weight is 250 g/mol. The van der Waals surface area contributed by atoms with Crippen LogP contribution in [0, 0.1) is 12.7 Å². The van der Waals surface area contributed by atoms with Crippen LogP contribution in [0.2, 0.25) is 0 Å². The SMILES string of the molecule is Cc1ccc(C(CO)COc2cccc(F)c2)o1. The third-order valence-electron chi connectivity index (χ3n) is 2.63. The van der Waals surface area contributed by atoms with Crippen molar-refractivity contribution in [1.82, 2.24) is 0 Å². The minimum atomic E-state index is -0.345. The molecule has 0 aliphatic rings. The van der Waals surface area contributed by atoms with Gasteiger partial charge in [0.15, 0.2) is 0 Å². The normalized spacial score (nSPS) is 12.4. The number of benzene rings is 1. The number of halogens is 1. The summed E-state index contributed by atoms with van der Waals surface area (Å²) in [6.07, 6.45) is 0. The van der Waals surface area contributed by atoms with Crippen molar-refractivity contribution in [3.63, 3.8) is 0 Å². The van der Waals surface area contributed by atoms with Crippen molar-refractivity contribution in [3.05, 3.63) is 53.7 Å². The van der Waals surface area contributed by atoms with Crippen LogP contribution in [-0.4, -0.2) is 18.3 Å². The summed E-state index contributed by atoms with van der Waals surface area (Å²) in [5.74, 6) is 1.31. The van der Waals surface area contributed by atoms with Gasteiger partial charge in [-0.15, -0.1) is 0 Å². The molecule has 0 spiro atoms. The van der Waals surface area contributed by atoms with E-state index in [9.17, 15) is 9.50 Å². The maximum atomic E-state index is 13.0. The zero-order chi connectivity index (χ0) is 13.0. The molecule has 1 aromatic heterocycles. The first-order chi connectivity index (χ1) is 8.69. The van der Waals surface area contributed by atoms with Gasteiger partial charge in [-0.25, -0.2) is 4.39 Å². The Kier molecular flexibility index (Phi) is 3.99. The largest absolute Gasteiger partial charge is 0.493 e. The lowest BCUT2D eigenvalue weighted by Crippen LogP contribution is -2.13. The molecule has 0 saturated carbocycles. The molecular formula is C14H15FO3. The molecule has 3 nitrogen and oxygen atoms in total. The molecule has 0 fully saturated rings. The fraction of sp³-hybridized carbons (Fsp3) is 0.286. The summed E-state index contributed by atoms with van der Waals surface area (Å²) < 4.78 is 23.8. The number of aliphatic hydroxyl groups excluding tert-OH is 1. The van der Waals surface area contributed by atoms with E-state index >= 15 is 0 Å². The Morgan fingerprint density at radius 1 is 1.33 bits per heavy atom. The van der Waals surface area contributed by atoms with Gasteiger partial charge in [-0.1, -0.05) is 6.07 Å². The van der Waals surface area contributed by atoms with Crippen LogP contribution in [0.1, 0.15) is 17.4 Å². The molecule has 18 heavy (non-hydrogen) atoms. The second kappa shape index (κ2) is 5.69. The Hall–Kier alpha value is -1.81. The fourth-order valence-corrected chi connectivity index (χ4v) is 1.65. The topological polar surface area (TPSA) is 42.6 Å². The van der Waals surface area contributed by atoms with E-state index in [4.69, 9.17) is 9.15 Å². The Morgan fingerprint density at radius 2 is 2.17 bits per heavy atom. The van der Waals surface area contributed by atoms with Crippen molar-refractivity contribution >= 4 is 0 Å². The van der Waals surface area contributed by atoms with Gasteiger partial charge in [-0.2, -0.15) is 0 Å². The highest BCUT2D eigenvalue weighted by molar-refractivity contribution is 5.22. The molecule has 0 aliphatic heterocycles. The lowest BCUT2D eigenvalue weighted by Gasteiger charge is -2.13. The summed E-state index contributed by atoms with van der Waals surface area (Å²) in [6.45, 7) is 2.00. The van der Waals surface area contributed by atoms with Gasteiger partial charge in [0.25, 0.3) is 0 Å². The van der Waals surface area contributed by atoms with Crippen LogP contribution in [0.25, 0.3) is 0 Å². The molecule has 1 atom stereocenters. The number of hydrogen-bond donors (Lipinski definition) is 1. The first kappa shape index (κ1) is 12.6. The van der Waals surface area contributed by atoms with Crippen LogP contribution in [0.5, 0.6) is 5.75 Å². The lowest BCUT2D eigenvalue weighted by atomic mass is 10.1. The molecule has 2 rings (SSSR count). The number of hydrogen-bond acceptors (Lipinski definition) is 3. The van der Waals surface area contributed by atoms with Crippen LogP contribution in [0.4, 0.5) is 4.39 Å². The third kappa shape index (κ3) is 3.11. The number of ether oxygens (including phenoxy) is 1. The van der Waals surface area contributed by atoms with Crippen molar-refractivity contribution in [3.8, 4) is 5.75 Å². The first-order valence-electron chi connectivity index (χ1n) is 5.74. The summed E-state index contributed by atoms with van der Waals surface area (Å²) in [5.41, 5.74) is 0. The molecule has 1 aromatic carbocycles. The molecule has 0 aliphatic carbocycles. The molecular weight excluding hydrogens is 235 g/mol. The van der Waals surface area contributed by atoms with Gasteiger partial charge in [0.05, 0.1) is 12.5 Å². The maximum Gasteiger partial charge on any atom is 0.126 e. The summed E-state index contributed by atoms with van der Waals surface area (Å²) in [4.78, 5) is 0. The Balaban J connectivity index is 1.99. The van der Waals surface area contributed by atoms with Crippen molar-refractivity contribution in [1.29, 1.82) is 0 Å². The minimum absolute atomic E-state index is 0.0811. The van der Waals surface area contributed by atoms with Gasteiger partial charge in [0.2, 0.25) is 0 Å². The first-order valence-corrected chi connectivity index (χ1v) is 5.74. The van der Waals surface area contributed by atoms with E-state index in [2.05, 4.69) is 0 Å². The maximum absolute atomic E-state index is 13.0. The lowest BCUT2D eigenvalue weighted by molar-refractivity contribution is 0.189. The molecule has 4 heteroatoms. The summed E-state index contributed by atoms with van der Waals surface area (Å²) >= 11 is 0. The van der Waals surface area contributed by atoms with E-state index < -0.39 is 0 Å². The molecule has 96 valence electrons. The molecule has 2 aromatic rings. The molecule has 0 bridgehead atoms. The Labute approximate surface area is 105 Å². The monoisotopic (exact) mass is 250 g/mol. The van der Waals surface area contributed by atoms with E-state index in [0.717, 1.165) is 5.76 Å². The standard InChI is InChI=1S/C14H15FO3/c1-10-5-6-14(18-10)11(8-16)9-17-13-4-2-3-12(15)7-13/h2-7,11,16H,8-9H2,1H3. The minimum Gasteiger partial charge on any atom is -0.493 e. The zero-order valence-corrected chi connectivity index (χ0v) is 10.1. The van der Waals surface area contributed by atoms with Crippen LogP contribution in [0.15, 0.2) is 40.8 Å². The highest BCUT2D eigenvalue weighted by atomic mass is 19.1. The number of furan rings is 1. The smallest absolute Gasteiger partial charge is 0.126 e. The molecule has 0 saturated heterocycles. The fourth-order valence-electron chi connectivity index (χ4n) is 1.65. The summed E-state index contributed by atoms with van der Waals surface area (Å²) in [6, 6.07) is 9.56. The Bertz CT molecular complexity index is 507. The van der Waals surface area contributed by atoms with Gasteiger partial charge in [0, 0.05) is 6.07 Å². The van der Waals surface area contributed by atoms with Gasteiger partial charge in [-0.05, 0) is 31.2 Å². The predicted molar refractivity (Wildman–Crippen MR) is 65.2 cm³/mol. The Morgan fingerprint density at radius 3 is 2.78 bits per heavy atom. The van der Waals surface area contributed by atoms with E-state index in [1.54, 1.807) is 12.1 Å². The van der Waals surface area contributed by atoms with Crippen molar-refractivity contribution < 1.29 is 18.7 Å². The number of rotatable bonds is 5. The van der Waals surface area contributed by atoms with Gasteiger partial charge < -0.3 is 14.3 Å². The van der Waals surface area contributed by atoms with Crippen molar-refractivity contribution in [2.24, 2.45) is 0 Å². The number of aryl methyl sites for hydroxylation is 1. The average Bonchev–Trinajstić information content (AvgIpc) is 2.77. The van der Waals surface area contributed by atoms with Crippen LogP contribution in [-0.2, 0) is 0 Å². The van der Waals surface area contributed by atoms with Crippen molar-refractivity contribution in [2.75, 3.05) is 13.2 Å². The summed E-state index contributed by atoms with van der Waals surface area (Å²) in [7, 11) is 0. The highest BCUT2D eigenvalue weighted by Crippen LogP contribution is 2.20. The van der Waals surface area contributed by atoms with Crippen LogP contribution < -0.4 is 4.74 Å². The second-order valence-electron chi connectivity index (χ2n) is 4.10. The summed E-state index contributed by atoms with van der Waals surface area (Å²) in [5, 5.41) is 9.31. The van der Waals surface area contributed by atoms with Gasteiger partial charge in [0.1, 0.15) is 29.7 Å². The van der Waals surface area contributed by atoms with Crippen molar-refractivity contribution in [2.45, 2.75) is 12.8 Å². The van der Waals surface area contributed by atoms with Crippen LogP contribution >= 0.6 is 0 Å². The second-order valence-corrected chi connectivity index (χ2v) is 4.10. The quantitative estimate of drug-likeness (QED) is 0.887. The van der Waals surface area contributed by atoms with E-state index in [-0.39, 0.29) is 24.9 Å². The van der Waals surface area contributed by atoms with Gasteiger partial charge in [-0.3, -0.25) is 0 Å². The van der Waals surface area contributed by atoms with E-state index in [1.165, 1.54) is 12.1 Å². The van der Waals surface area contributed by atoms with E-state index in [0.29, 0.717) is 11.5 Å². The third-order valence-corrected chi connectivity index (χ3v) is 2.63. The molecule has 0 radical (unpaired) electrons. The van der Waals surface area contributed by atoms with Gasteiger partial charge >= 0.3 is 0 Å². The predicted octanol–water partition coefficient (Wildman–Crippen LogP) is 2.88.